The normalized spacial score (nSPS) is 25.5. The third-order valence-electron chi connectivity index (χ3n) is 4.61. The molecule has 2 atom stereocenters. The van der Waals surface area contributed by atoms with Crippen molar-refractivity contribution in [2.45, 2.75) is 18.8 Å². The second-order valence-corrected chi connectivity index (χ2v) is 6.28. The van der Waals surface area contributed by atoms with Gasteiger partial charge in [0.1, 0.15) is 0 Å². The molecule has 1 saturated carbocycles. The predicted molar refractivity (Wildman–Crippen MR) is 84.1 cm³/mol. The molecule has 1 heterocycles. The first-order valence-corrected chi connectivity index (χ1v) is 7.99. The SMILES string of the molecule is NC(=O)CN1CCCN(C(=O)[C@H]2C[C@H]2c2ccccc2)CC1. The van der Waals surface area contributed by atoms with Gasteiger partial charge in [0.25, 0.3) is 0 Å². The Morgan fingerprint density at radius 2 is 1.86 bits per heavy atom. The van der Waals surface area contributed by atoms with Crippen LogP contribution in [0.3, 0.4) is 0 Å². The van der Waals surface area contributed by atoms with Crippen LogP contribution in [0.4, 0.5) is 0 Å². The van der Waals surface area contributed by atoms with Crippen molar-refractivity contribution >= 4 is 11.8 Å². The fourth-order valence-corrected chi connectivity index (χ4v) is 3.34. The minimum atomic E-state index is -0.300. The van der Waals surface area contributed by atoms with Crippen molar-refractivity contribution in [3.8, 4) is 0 Å². The lowest BCUT2D eigenvalue weighted by Crippen LogP contribution is -2.38. The molecular weight excluding hydrogens is 278 g/mol. The summed E-state index contributed by atoms with van der Waals surface area (Å²) >= 11 is 0. The molecule has 2 fully saturated rings. The number of rotatable bonds is 4. The maximum absolute atomic E-state index is 12.6. The summed E-state index contributed by atoms with van der Waals surface area (Å²) in [5, 5.41) is 0. The Morgan fingerprint density at radius 3 is 2.59 bits per heavy atom. The number of nitrogens with two attached hydrogens (primary N) is 1. The number of benzene rings is 1. The number of amides is 2. The Hall–Kier alpha value is -1.88. The van der Waals surface area contributed by atoms with Crippen molar-refractivity contribution in [3.05, 3.63) is 35.9 Å². The zero-order chi connectivity index (χ0) is 15.5. The van der Waals surface area contributed by atoms with Crippen LogP contribution < -0.4 is 5.73 Å². The molecule has 1 aromatic rings. The van der Waals surface area contributed by atoms with Gasteiger partial charge in [-0.05, 0) is 24.3 Å². The van der Waals surface area contributed by atoms with Gasteiger partial charge < -0.3 is 10.6 Å². The van der Waals surface area contributed by atoms with Gasteiger partial charge in [-0.15, -0.1) is 0 Å². The van der Waals surface area contributed by atoms with Crippen molar-refractivity contribution in [1.82, 2.24) is 9.80 Å². The number of nitrogens with zero attached hydrogens (tertiary/aromatic N) is 2. The first kappa shape index (κ1) is 15.0. The van der Waals surface area contributed by atoms with E-state index in [9.17, 15) is 9.59 Å². The van der Waals surface area contributed by atoms with Crippen LogP contribution in [0.1, 0.15) is 24.3 Å². The Kier molecular flexibility index (Phi) is 4.43. The molecule has 0 unspecified atom stereocenters. The second-order valence-electron chi connectivity index (χ2n) is 6.28. The van der Waals surface area contributed by atoms with Crippen LogP contribution in [0, 0.1) is 5.92 Å². The molecule has 0 radical (unpaired) electrons. The van der Waals surface area contributed by atoms with Crippen molar-refractivity contribution < 1.29 is 9.59 Å². The van der Waals surface area contributed by atoms with Crippen LogP contribution in [0.2, 0.25) is 0 Å². The van der Waals surface area contributed by atoms with Crippen molar-refractivity contribution in [2.75, 3.05) is 32.7 Å². The summed E-state index contributed by atoms with van der Waals surface area (Å²) in [6, 6.07) is 10.3. The highest BCUT2D eigenvalue weighted by Crippen LogP contribution is 2.48. The molecule has 1 saturated heterocycles. The van der Waals surface area contributed by atoms with Crippen LogP contribution in [0.5, 0.6) is 0 Å². The fraction of sp³-hybridized carbons (Fsp3) is 0.529. The van der Waals surface area contributed by atoms with E-state index < -0.39 is 0 Å². The zero-order valence-electron chi connectivity index (χ0n) is 12.8. The molecule has 2 N–H and O–H groups in total. The van der Waals surface area contributed by atoms with Gasteiger partial charge in [-0.25, -0.2) is 0 Å². The Bertz CT molecular complexity index is 546. The summed E-state index contributed by atoms with van der Waals surface area (Å²) in [4.78, 5) is 27.7. The Labute approximate surface area is 131 Å². The van der Waals surface area contributed by atoms with Crippen molar-refractivity contribution in [2.24, 2.45) is 11.7 Å². The minimum absolute atomic E-state index is 0.144. The van der Waals surface area contributed by atoms with E-state index in [1.54, 1.807) is 0 Å². The lowest BCUT2D eigenvalue weighted by Gasteiger charge is -2.21. The van der Waals surface area contributed by atoms with E-state index in [1.165, 1.54) is 5.56 Å². The molecule has 0 bridgehead atoms. The number of primary amides is 1. The molecule has 1 aliphatic carbocycles. The van der Waals surface area contributed by atoms with E-state index in [2.05, 4.69) is 12.1 Å². The van der Waals surface area contributed by atoms with Crippen LogP contribution >= 0.6 is 0 Å². The second kappa shape index (κ2) is 6.48. The Morgan fingerprint density at radius 1 is 1.09 bits per heavy atom. The molecule has 2 amide bonds. The first-order valence-electron chi connectivity index (χ1n) is 7.99. The monoisotopic (exact) mass is 301 g/mol. The lowest BCUT2D eigenvalue weighted by molar-refractivity contribution is -0.132. The summed E-state index contributed by atoms with van der Waals surface area (Å²) in [5.41, 5.74) is 6.52. The first-order chi connectivity index (χ1) is 10.6. The number of hydrogen-bond donors (Lipinski definition) is 1. The van der Waals surface area contributed by atoms with E-state index in [1.807, 2.05) is 28.0 Å². The van der Waals surface area contributed by atoms with Crippen LogP contribution in [-0.2, 0) is 9.59 Å². The quantitative estimate of drug-likeness (QED) is 0.895. The molecule has 3 rings (SSSR count). The minimum Gasteiger partial charge on any atom is -0.369 e. The topological polar surface area (TPSA) is 66.6 Å². The maximum atomic E-state index is 12.6. The standard InChI is InChI=1S/C17H23N3O2/c18-16(21)12-19-7-4-8-20(10-9-19)17(22)15-11-14(15)13-5-2-1-3-6-13/h1-3,5-6,14-15H,4,7-12H2,(H2,18,21)/t14-,15-/m0/s1. The molecule has 0 spiro atoms. The highest BCUT2D eigenvalue weighted by Gasteiger charge is 2.45. The van der Waals surface area contributed by atoms with Crippen LogP contribution in [0.15, 0.2) is 30.3 Å². The van der Waals surface area contributed by atoms with E-state index in [-0.39, 0.29) is 24.3 Å². The summed E-state index contributed by atoms with van der Waals surface area (Å²) < 4.78 is 0. The van der Waals surface area contributed by atoms with Crippen LogP contribution in [-0.4, -0.2) is 54.3 Å². The van der Waals surface area contributed by atoms with E-state index in [4.69, 9.17) is 5.73 Å². The summed E-state index contributed by atoms with van der Waals surface area (Å²) in [6.07, 6.45) is 1.87. The summed E-state index contributed by atoms with van der Waals surface area (Å²) in [6.45, 7) is 3.34. The molecule has 1 aliphatic heterocycles. The summed E-state index contributed by atoms with van der Waals surface area (Å²) in [5.74, 6) is 0.504. The number of carbonyl (C=O) groups is 2. The Balaban J connectivity index is 1.54. The van der Waals surface area contributed by atoms with Crippen molar-refractivity contribution in [1.29, 1.82) is 0 Å². The third kappa shape index (κ3) is 3.47. The van der Waals surface area contributed by atoms with Gasteiger partial charge in [0, 0.05) is 32.1 Å². The average molecular weight is 301 g/mol. The van der Waals surface area contributed by atoms with Gasteiger partial charge in [-0.3, -0.25) is 14.5 Å². The zero-order valence-corrected chi connectivity index (χ0v) is 12.8. The smallest absolute Gasteiger partial charge is 0.231 e. The highest BCUT2D eigenvalue weighted by atomic mass is 16.2. The third-order valence-corrected chi connectivity index (χ3v) is 4.61. The predicted octanol–water partition coefficient (Wildman–Crippen LogP) is 0.810. The fourth-order valence-electron chi connectivity index (χ4n) is 3.34. The van der Waals surface area contributed by atoms with Gasteiger partial charge in [-0.1, -0.05) is 30.3 Å². The number of carbonyl (C=O) groups excluding carboxylic acids is 2. The maximum Gasteiger partial charge on any atom is 0.231 e. The molecule has 5 heteroatoms. The molecular formula is C17H23N3O2. The van der Waals surface area contributed by atoms with E-state index in [0.717, 1.165) is 32.5 Å². The van der Waals surface area contributed by atoms with Gasteiger partial charge in [-0.2, -0.15) is 0 Å². The molecule has 118 valence electrons. The van der Waals surface area contributed by atoms with Gasteiger partial charge >= 0.3 is 0 Å². The molecule has 0 aromatic heterocycles. The largest absolute Gasteiger partial charge is 0.369 e. The van der Waals surface area contributed by atoms with E-state index >= 15 is 0 Å². The van der Waals surface area contributed by atoms with Gasteiger partial charge in [0.15, 0.2) is 0 Å². The highest BCUT2D eigenvalue weighted by molar-refractivity contribution is 5.83. The lowest BCUT2D eigenvalue weighted by atomic mass is 10.1. The number of hydrogen-bond acceptors (Lipinski definition) is 3. The van der Waals surface area contributed by atoms with Crippen LogP contribution in [0.25, 0.3) is 0 Å². The molecule has 2 aliphatic rings. The van der Waals surface area contributed by atoms with Crippen molar-refractivity contribution in [3.63, 3.8) is 0 Å². The molecule has 5 nitrogen and oxygen atoms in total. The van der Waals surface area contributed by atoms with Gasteiger partial charge in [0.2, 0.25) is 11.8 Å². The molecule has 22 heavy (non-hydrogen) atoms. The molecule has 1 aromatic carbocycles. The van der Waals surface area contributed by atoms with E-state index in [0.29, 0.717) is 12.5 Å². The average Bonchev–Trinajstić information content (AvgIpc) is 3.31. The summed E-state index contributed by atoms with van der Waals surface area (Å²) in [7, 11) is 0. The van der Waals surface area contributed by atoms with Gasteiger partial charge in [0.05, 0.1) is 6.54 Å².